The third-order valence-corrected chi connectivity index (χ3v) is 2.66. The van der Waals surface area contributed by atoms with Crippen molar-refractivity contribution in [3.8, 4) is 0 Å². The zero-order valence-corrected chi connectivity index (χ0v) is 18.3. The first-order valence-electron chi connectivity index (χ1n) is 7.91. The molecule has 12 heteroatoms. The highest BCUT2D eigenvalue weighted by Crippen LogP contribution is 1.95. The van der Waals surface area contributed by atoms with Crippen molar-refractivity contribution < 1.29 is 43.9 Å². The summed E-state index contributed by atoms with van der Waals surface area (Å²) in [6, 6.07) is 0. The first-order valence-corrected chi connectivity index (χ1v) is 9.46. The van der Waals surface area contributed by atoms with Gasteiger partial charge in [-0.15, -0.1) is 0 Å². The second-order valence-electron chi connectivity index (χ2n) is 4.70. The number of carbonyl (C=O) groups excluding carboxylic acids is 3. The summed E-state index contributed by atoms with van der Waals surface area (Å²) in [5.74, 6) is -1.19. The van der Waals surface area contributed by atoms with Crippen LogP contribution in [-0.2, 0) is 28.6 Å². The molecule has 0 amide bonds. The van der Waals surface area contributed by atoms with Gasteiger partial charge in [0.15, 0.2) is 0 Å². The summed E-state index contributed by atoms with van der Waals surface area (Å²) in [6.45, 7) is 4.62. The largest absolute Gasteiger partial charge is 0.462 e. The number of rotatable bonds is 9. The van der Waals surface area contributed by atoms with Gasteiger partial charge in [0.25, 0.3) is 0 Å². The van der Waals surface area contributed by atoms with Crippen LogP contribution in [0.2, 0.25) is 0 Å². The van der Waals surface area contributed by atoms with Crippen LogP contribution in [0.25, 0.3) is 0 Å². The molecule has 0 aromatic rings. The van der Waals surface area contributed by atoms with E-state index in [-0.39, 0.29) is 39.6 Å². The summed E-state index contributed by atoms with van der Waals surface area (Å²) in [5, 5.41) is 23.4. The minimum absolute atomic E-state index is 0.0593. The average molecular weight is 451 g/mol. The Balaban J connectivity index is -0.000000320. The highest BCUT2D eigenvalue weighted by molar-refractivity contribution is 7.82. The minimum Gasteiger partial charge on any atom is -0.462 e. The lowest BCUT2D eigenvalue weighted by molar-refractivity contribution is -0.144. The molecule has 0 aliphatic heterocycles. The number of hydrogen-bond donors (Lipinski definition) is 6. The number of carbonyl (C=O) groups is 3. The van der Waals surface area contributed by atoms with E-state index in [1.165, 1.54) is 0 Å². The van der Waals surface area contributed by atoms with Crippen molar-refractivity contribution in [1.82, 2.24) is 0 Å². The van der Waals surface area contributed by atoms with Crippen LogP contribution in [0.3, 0.4) is 0 Å². The van der Waals surface area contributed by atoms with Crippen LogP contribution in [0.4, 0.5) is 0 Å². The molecule has 0 rings (SSSR count). The lowest BCUT2D eigenvalue weighted by atomic mass is 10.5. The van der Waals surface area contributed by atoms with E-state index in [1.54, 1.807) is 20.8 Å². The van der Waals surface area contributed by atoms with E-state index in [1.807, 2.05) is 0 Å². The van der Waals surface area contributed by atoms with Crippen LogP contribution < -0.4 is 0 Å². The van der Waals surface area contributed by atoms with Crippen molar-refractivity contribution in [2.75, 3.05) is 39.6 Å². The molecule has 0 aliphatic rings. The normalized spacial score (nSPS) is 12.8. The SMILES string of the molecule is CC(S)C(=O)OCCO.CC(S)C(=O)OCCO.CC(S)C(=O)OCCO. The Morgan fingerprint density at radius 3 is 0.926 bits per heavy atom. The van der Waals surface area contributed by atoms with Crippen LogP contribution >= 0.6 is 37.9 Å². The number of aliphatic hydroxyl groups is 3. The Hall–Kier alpha value is -0.660. The molecule has 3 atom stereocenters. The van der Waals surface area contributed by atoms with E-state index >= 15 is 0 Å². The van der Waals surface area contributed by atoms with Crippen LogP contribution in [0.15, 0.2) is 0 Å². The highest BCUT2D eigenvalue weighted by atomic mass is 32.1. The van der Waals surface area contributed by atoms with E-state index in [4.69, 9.17) is 15.3 Å². The fourth-order valence-corrected chi connectivity index (χ4v) is 1.02. The van der Waals surface area contributed by atoms with Gasteiger partial charge in [-0.1, -0.05) is 0 Å². The Bertz CT molecular complexity index is 334. The van der Waals surface area contributed by atoms with Gasteiger partial charge in [-0.2, -0.15) is 37.9 Å². The number of thiol groups is 3. The molecular formula is C15H30O9S3. The van der Waals surface area contributed by atoms with Crippen molar-refractivity contribution in [1.29, 1.82) is 0 Å². The van der Waals surface area contributed by atoms with Crippen molar-refractivity contribution in [3.63, 3.8) is 0 Å². The molecular weight excluding hydrogens is 420 g/mol. The number of esters is 3. The van der Waals surface area contributed by atoms with Gasteiger partial charge in [0.1, 0.15) is 19.8 Å². The Morgan fingerprint density at radius 1 is 0.630 bits per heavy atom. The molecule has 0 spiro atoms. The van der Waals surface area contributed by atoms with Crippen LogP contribution in [0.1, 0.15) is 20.8 Å². The maximum atomic E-state index is 10.5. The summed E-state index contributed by atoms with van der Waals surface area (Å²) < 4.78 is 13.5. The zero-order valence-electron chi connectivity index (χ0n) is 15.6. The lowest BCUT2D eigenvalue weighted by Gasteiger charge is -2.02. The Labute approximate surface area is 176 Å². The van der Waals surface area contributed by atoms with Crippen molar-refractivity contribution in [2.45, 2.75) is 36.5 Å². The first kappa shape index (κ1) is 31.0. The molecule has 0 saturated heterocycles. The third kappa shape index (κ3) is 25.3. The summed E-state index contributed by atoms with van der Waals surface area (Å²) in [5.41, 5.74) is 0. The molecule has 162 valence electrons. The molecule has 0 radical (unpaired) electrons. The lowest BCUT2D eigenvalue weighted by Crippen LogP contribution is -2.16. The van der Waals surface area contributed by atoms with Crippen LogP contribution in [0.5, 0.6) is 0 Å². The number of ether oxygens (including phenoxy) is 3. The molecule has 0 bridgehead atoms. The minimum atomic E-state index is -0.406. The molecule has 9 nitrogen and oxygen atoms in total. The molecule has 0 aliphatic carbocycles. The van der Waals surface area contributed by atoms with Crippen molar-refractivity contribution in [2.24, 2.45) is 0 Å². The highest BCUT2D eigenvalue weighted by Gasteiger charge is 2.08. The van der Waals surface area contributed by atoms with Gasteiger partial charge in [-0.3, -0.25) is 14.4 Å². The molecule has 0 saturated carbocycles. The van der Waals surface area contributed by atoms with E-state index in [2.05, 4.69) is 52.1 Å². The zero-order chi connectivity index (χ0) is 21.8. The van der Waals surface area contributed by atoms with E-state index in [0.717, 1.165) is 0 Å². The van der Waals surface area contributed by atoms with E-state index in [0.29, 0.717) is 0 Å². The Kier molecular flexibility index (Phi) is 24.9. The standard InChI is InChI=1S/3C5H10O3S/c3*1-4(9)5(7)8-3-2-6/h3*4,6,9H,2-3H2,1H3. The third-order valence-electron chi connectivity index (χ3n) is 2.03. The predicted octanol–water partition coefficient (Wildman–Crippen LogP) is -0.479. The molecule has 0 heterocycles. The Morgan fingerprint density at radius 2 is 0.815 bits per heavy atom. The molecule has 3 unspecified atom stereocenters. The molecule has 0 aromatic heterocycles. The van der Waals surface area contributed by atoms with Gasteiger partial charge in [0, 0.05) is 0 Å². The first-order chi connectivity index (χ1) is 12.5. The van der Waals surface area contributed by atoms with Crippen LogP contribution in [0, 0.1) is 0 Å². The summed E-state index contributed by atoms with van der Waals surface area (Å²) in [4.78, 5) is 31.5. The van der Waals surface area contributed by atoms with E-state index < -0.39 is 33.7 Å². The maximum absolute atomic E-state index is 10.5. The summed E-state index contributed by atoms with van der Waals surface area (Å²) in [6.07, 6.45) is 0. The van der Waals surface area contributed by atoms with Crippen molar-refractivity contribution in [3.05, 3.63) is 0 Å². The smallest absolute Gasteiger partial charge is 0.318 e. The quantitative estimate of drug-likeness (QED) is 0.156. The summed E-state index contributed by atoms with van der Waals surface area (Å²) >= 11 is 11.4. The fraction of sp³-hybridized carbons (Fsp3) is 0.800. The van der Waals surface area contributed by atoms with Gasteiger partial charge in [-0.05, 0) is 20.8 Å². The fourth-order valence-electron chi connectivity index (χ4n) is 0.801. The second-order valence-corrected chi connectivity index (χ2v) is 7.03. The molecule has 0 fully saturated rings. The van der Waals surface area contributed by atoms with E-state index in [9.17, 15) is 14.4 Å². The van der Waals surface area contributed by atoms with Gasteiger partial charge in [-0.25, -0.2) is 0 Å². The van der Waals surface area contributed by atoms with Gasteiger partial charge in [0.2, 0.25) is 0 Å². The van der Waals surface area contributed by atoms with Gasteiger partial charge in [0.05, 0.1) is 35.6 Å². The monoisotopic (exact) mass is 450 g/mol. The van der Waals surface area contributed by atoms with Gasteiger partial charge >= 0.3 is 17.9 Å². The summed E-state index contributed by atoms with van der Waals surface area (Å²) in [7, 11) is 0. The molecule has 0 aromatic carbocycles. The second kappa shape index (κ2) is 21.6. The predicted molar refractivity (Wildman–Crippen MR) is 109 cm³/mol. The van der Waals surface area contributed by atoms with Crippen LogP contribution in [-0.4, -0.2) is 88.6 Å². The topological polar surface area (TPSA) is 140 Å². The molecule has 27 heavy (non-hydrogen) atoms. The maximum Gasteiger partial charge on any atom is 0.318 e. The molecule has 3 N–H and O–H groups in total. The number of hydrogen-bond acceptors (Lipinski definition) is 12. The average Bonchev–Trinajstić information content (AvgIpc) is 2.62. The van der Waals surface area contributed by atoms with Crippen molar-refractivity contribution >= 4 is 55.8 Å². The van der Waals surface area contributed by atoms with Gasteiger partial charge < -0.3 is 29.5 Å². The number of aliphatic hydroxyl groups excluding tert-OH is 3.